The Morgan fingerprint density at radius 3 is 2.81 bits per heavy atom. The van der Waals surface area contributed by atoms with Crippen LogP contribution in [-0.4, -0.2) is 29.7 Å². The van der Waals surface area contributed by atoms with Crippen LogP contribution in [0.4, 0.5) is 4.39 Å². The van der Waals surface area contributed by atoms with Crippen molar-refractivity contribution >= 4 is 0 Å². The highest BCUT2D eigenvalue weighted by Gasteiger charge is 2.24. The van der Waals surface area contributed by atoms with Gasteiger partial charge in [-0.2, -0.15) is 0 Å². The lowest BCUT2D eigenvalue weighted by atomic mass is 10.1. The molecule has 1 saturated carbocycles. The molecule has 0 amide bonds. The Bertz CT molecular complexity index is 514. The van der Waals surface area contributed by atoms with Crippen LogP contribution in [0.25, 0.3) is 0 Å². The zero-order valence-electron chi connectivity index (χ0n) is 12.7. The Kier molecular flexibility index (Phi) is 6.22. The van der Waals surface area contributed by atoms with Crippen LogP contribution in [0.3, 0.4) is 0 Å². The van der Waals surface area contributed by atoms with Crippen LogP contribution in [0.15, 0.2) is 18.2 Å². The SMILES string of the molecule is CCCN(Cc1cc(F)cc(C#CCCO)c1)CC1CC1. The smallest absolute Gasteiger partial charge is 0.124 e. The third-order valence-electron chi connectivity index (χ3n) is 3.59. The molecular formula is C18H24FNO. The minimum atomic E-state index is -0.233. The van der Waals surface area contributed by atoms with Gasteiger partial charge in [-0.05, 0) is 55.5 Å². The lowest BCUT2D eigenvalue weighted by Crippen LogP contribution is -2.26. The minimum Gasteiger partial charge on any atom is -0.395 e. The maximum Gasteiger partial charge on any atom is 0.124 e. The van der Waals surface area contributed by atoms with Gasteiger partial charge in [-0.15, -0.1) is 0 Å². The standard InChI is InChI=1S/C18H24FNO/c1-2-8-20(13-15-6-7-15)14-17-10-16(5-3-4-9-21)11-18(19)12-17/h10-12,15,21H,2,4,6-9,13-14H2,1H3. The predicted octanol–water partition coefficient (Wildman–Crippen LogP) is 3.18. The third kappa shape index (κ3) is 5.87. The Hall–Kier alpha value is -1.37. The molecule has 0 saturated heterocycles. The van der Waals surface area contributed by atoms with Gasteiger partial charge in [-0.3, -0.25) is 4.90 Å². The average molecular weight is 289 g/mol. The number of hydrogen-bond acceptors (Lipinski definition) is 2. The summed E-state index contributed by atoms with van der Waals surface area (Å²) < 4.78 is 13.7. The van der Waals surface area contributed by atoms with Gasteiger partial charge in [0.15, 0.2) is 0 Å². The van der Waals surface area contributed by atoms with E-state index in [4.69, 9.17) is 5.11 Å². The van der Waals surface area contributed by atoms with E-state index in [1.54, 1.807) is 6.07 Å². The summed E-state index contributed by atoms with van der Waals surface area (Å²) in [6.07, 6.45) is 4.21. The Labute approximate surface area is 127 Å². The summed E-state index contributed by atoms with van der Waals surface area (Å²) in [6, 6.07) is 5.02. The predicted molar refractivity (Wildman–Crippen MR) is 83.3 cm³/mol. The van der Waals surface area contributed by atoms with Crippen molar-refractivity contribution < 1.29 is 9.50 Å². The van der Waals surface area contributed by atoms with Gasteiger partial charge >= 0.3 is 0 Å². The summed E-state index contributed by atoms with van der Waals surface area (Å²) in [4.78, 5) is 2.41. The van der Waals surface area contributed by atoms with Gasteiger partial charge in [-0.25, -0.2) is 4.39 Å². The monoisotopic (exact) mass is 289 g/mol. The summed E-state index contributed by atoms with van der Waals surface area (Å²) in [5, 5.41) is 8.74. The van der Waals surface area contributed by atoms with E-state index < -0.39 is 0 Å². The number of halogens is 1. The molecule has 1 aliphatic carbocycles. The van der Waals surface area contributed by atoms with E-state index in [9.17, 15) is 4.39 Å². The molecule has 2 nitrogen and oxygen atoms in total. The maximum atomic E-state index is 13.7. The Morgan fingerprint density at radius 1 is 1.33 bits per heavy atom. The lowest BCUT2D eigenvalue weighted by Gasteiger charge is -2.21. The van der Waals surface area contributed by atoms with Gasteiger partial charge in [0.25, 0.3) is 0 Å². The molecule has 1 aromatic rings. The van der Waals surface area contributed by atoms with Gasteiger partial charge in [0.05, 0.1) is 6.61 Å². The number of aliphatic hydroxyl groups excluding tert-OH is 1. The van der Waals surface area contributed by atoms with Crippen molar-refractivity contribution in [3.8, 4) is 11.8 Å². The van der Waals surface area contributed by atoms with Gasteiger partial charge in [0, 0.05) is 25.1 Å². The van der Waals surface area contributed by atoms with Crippen molar-refractivity contribution in [3.05, 3.63) is 35.1 Å². The van der Waals surface area contributed by atoms with E-state index in [-0.39, 0.29) is 12.4 Å². The second kappa shape index (κ2) is 8.17. The second-order valence-corrected chi connectivity index (χ2v) is 5.80. The van der Waals surface area contributed by atoms with Crippen molar-refractivity contribution in [1.29, 1.82) is 0 Å². The fraction of sp³-hybridized carbons (Fsp3) is 0.556. The molecule has 0 atom stereocenters. The van der Waals surface area contributed by atoms with E-state index in [0.29, 0.717) is 12.0 Å². The van der Waals surface area contributed by atoms with Gasteiger partial charge in [0.2, 0.25) is 0 Å². The number of rotatable bonds is 7. The quantitative estimate of drug-likeness (QED) is 0.779. The maximum absolute atomic E-state index is 13.7. The zero-order valence-corrected chi connectivity index (χ0v) is 12.7. The molecule has 2 rings (SSSR count). The zero-order chi connectivity index (χ0) is 15.1. The number of nitrogens with zero attached hydrogens (tertiary/aromatic N) is 1. The third-order valence-corrected chi connectivity index (χ3v) is 3.59. The van der Waals surface area contributed by atoms with Crippen LogP contribution >= 0.6 is 0 Å². The molecule has 114 valence electrons. The fourth-order valence-electron chi connectivity index (χ4n) is 2.51. The van der Waals surface area contributed by atoms with Gasteiger partial charge in [-0.1, -0.05) is 18.8 Å². The van der Waals surface area contributed by atoms with Crippen molar-refractivity contribution in [3.63, 3.8) is 0 Å². The first kappa shape index (κ1) is 16.0. The summed E-state index contributed by atoms with van der Waals surface area (Å²) in [6.45, 7) is 5.18. The van der Waals surface area contributed by atoms with Crippen LogP contribution < -0.4 is 0 Å². The molecule has 1 aliphatic rings. The number of aliphatic hydroxyl groups is 1. The summed E-state index contributed by atoms with van der Waals surface area (Å²) in [5.74, 6) is 6.37. The van der Waals surface area contributed by atoms with E-state index >= 15 is 0 Å². The molecule has 1 aromatic carbocycles. The molecule has 1 fully saturated rings. The Morgan fingerprint density at radius 2 is 2.14 bits per heavy atom. The van der Waals surface area contributed by atoms with E-state index in [2.05, 4.69) is 23.7 Å². The van der Waals surface area contributed by atoms with Crippen molar-refractivity contribution in [2.75, 3.05) is 19.7 Å². The van der Waals surface area contributed by atoms with Crippen molar-refractivity contribution in [2.24, 2.45) is 5.92 Å². The summed E-state index contributed by atoms with van der Waals surface area (Å²) in [7, 11) is 0. The summed E-state index contributed by atoms with van der Waals surface area (Å²) in [5.41, 5.74) is 1.68. The normalized spacial score (nSPS) is 14.1. The number of hydrogen-bond donors (Lipinski definition) is 1. The van der Waals surface area contributed by atoms with Crippen LogP contribution in [0.1, 0.15) is 43.7 Å². The molecule has 0 radical (unpaired) electrons. The van der Waals surface area contributed by atoms with Crippen molar-refractivity contribution in [1.82, 2.24) is 4.90 Å². The molecule has 0 aliphatic heterocycles. The fourth-order valence-corrected chi connectivity index (χ4v) is 2.51. The first-order valence-electron chi connectivity index (χ1n) is 7.82. The first-order valence-corrected chi connectivity index (χ1v) is 7.82. The van der Waals surface area contributed by atoms with Crippen LogP contribution in [0.5, 0.6) is 0 Å². The molecule has 21 heavy (non-hydrogen) atoms. The summed E-state index contributed by atoms with van der Waals surface area (Å²) >= 11 is 0. The van der Waals surface area contributed by atoms with Crippen LogP contribution in [-0.2, 0) is 6.54 Å². The molecule has 0 unspecified atom stereocenters. The minimum absolute atomic E-state index is 0.0425. The molecule has 0 spiro atoms. The van der Waals surface area contributed by atoms with Crippen molar-refractivity contribution in [2.45, 2.75) is 39.2 Å². The molecule has 0 aromatic heterocycles. The molecule has 0 heterocycles. The highest BCUT2D eigenvalue weighted by atomic mass is 19.1. The van der Waals surface area contributed by atoms with E-state index in [1.807, 2.05) is 6.07 Å². The largest absolute Gasteiger partial charge is 0.395 e. The highest BCUT2D eigenvalue weighted by molar-refractivity contribution is 5.37. The molecule has 1 N–H and O–H groups in total. The molecular weight excluding hydrogens is 265 g/mol. The highest BCUT2D eigenvalue weighted by Crippen LogP contribution is 2.30. The van der Waals surface area contributed by atoms with Crippen LogP contribution in [0.2, 0.25) is 0 Å². The Balaban J connectivity index is 2.04. The number of benzene rings is 1. The van der Waals surface area contributed by atoms with Gasteiger partial charge < -0.3 is 5.11 Å². The molecule has 3 heteroatoms. The van der Waals surface area contributed by atoms with E-state index in [0.717, 1.165) is 37.5 Å². The topological polar surface area (TPSA) is 23.5 Å². The lowest BCUT2D eigenvalue weighted by molar-refractivity contribution is 0.255. The van der Waals surface area contributed by atoms with E-state index in [1.165, 1.54) is 18.9 Å². The average Bonchev–Trinajstić information content (AvgIpc) is 3.22. The molecule has 0 bridgehead atoms. The first-order chi connectivity index (χ1) is 10.2. The second-order valence-electron chi connectivity index (χ2n) is 5.80. The van der Waals surface area contributed by atoms with Gasteiger partial charge in [0.1, 0.15) is 5.82 Å². The van der Waals surface area contributed by atoms with Crippen LogP contribution in [0, 0.1) is 23.6 Å².